The number of alkyl halides is 1. The molecule has 1 unspecified atom stereocenters. The van der Waals surface area contributed by atoms with Gasteiger partial charge in [-0.15, -0.1) is 11.6 Å². The van der Waals surface area contributed by atoms with Gasteiger partial charge in [-0.2, -0.15) is 0 Å². The number of carbonyl (C=O) groups is 1. The van der Waals surface area contributed by atoms with Gasteiger partial charge in [-0.05, 0) is 17.7 Å². The highest BCUT2D eigenvalue weighted by Gasteiger charge is 2.13. The van der Waals surface area contributed by atoms with Crippen molar-refractivity contribution in [1.29, 1.82) is 0 Å². The topological polar surface area (TPSA) is 46.5 Å². The Morgan fingerprint density at radius 1 is 1.53 bits per heavy atom. The van der Waals surface area contributed by atoms with Gasteiger partial charge in [-0.1, -0.05) is 23.7 Å². The lowest BCUT2D eigenvalue weighted by Crippen LogP contribution is -2.19. The number of halogens is 2. The highest BCUT2D eigenvalue weighted by Crippen LogP contribution is 2.11. The van der Waals surface area contributed by atoms with E-state index in [-0.39, 0.29) is 6.61 Å². The maximum Gasteiger partial charge on any atom is 0.324 e. The minimum Gasteiger partial charge on any atom is -0.480 e. The van der Waals surface area contributed by atoms with Crippen LogP contribution in [0.2, 0.25) is 5.02 Å². The Balaban J connectivity index is 2.35. The van der Waals surface area contributed by atoms with E-state index in [1.165, 1.54) is 0 Å². The fourth-order valence-electron chi connectivity index (χ4n) is 0.978. The molecule has 0 fully saturated rings. The molecule has 5 heteroatoms. The van der Waals surface area contributed by atoms with Crippen molar-refractivity contribution in [2.24, 2.45) is 0 Å². The van der Waals surface area contributed by atoms with E-state index in [1.807, 2.05) is 6.07 Å². The van der Waals surface area contributed by atoms with Crippen molar-refractivity contribution < 1.29 is 14.6 Å². The third-order valence-electron chi connectivity index (χ3n) is 1.69. The van der Waals surface area contributed by atoms with Crippen LogP contribution in [-0.2, 0) is 16.1 Å². The molecular formula is C10H10Cl2O3. The number of benzene rings is 1. The van der Waals surface area contributed by atoms with Crippen LogP contribution in [0.5, 0.6) is 0 Å². The zero-order valence-corrected chi connectivity index (χ0v) is 9.33. The zero-order chi connectivity index (χ0) is 11.3. The van der Waals surface area contributed by atoms with Gasteiger partial charge in [0, 0.05) is 5.02 Å². The van der Waals surface area contributed by atoms with E-state index in [2.05, 4.69) is 0 Å². The van der Waals surface area contributed by atoms with Gasteiger partial charge in [0.25, 0.3) is 0 Å². The van der Waals surface area contributed by atoms with Crippen LogP contribution in [0.1, 0.15) is 5.56 Å². The Morgan fingerprint density at radius 2 is 2.27 bits per heavy atom. The van der Waals surface area contributed by atoms with Crippen LogP contribution in [0.3, 0.4) is 0 Å². The molecule has 0 aliphatic heterocycles. The summed E-state index contributed by atoms with van der Waals surface area (Å²) in [5, 5.41) is 8.10. The molecular weight excluding hydrogens is 239 g/mol. The summed E-state index contributed by atoms with van der Waals surface area (Å²) in [5.41, 5.74) is 0.886. The molecule has 0 aromatic heterocycles. The molecule has 82 valence electrons. The molecule has 0 spiro atoms. The molecule has 0 bridgehead atoms. The quantitative estimate of drug-likeness (QED) is 0.815. The van der Waals surface area contributed by atoms with Crippen LogP contribution in [0.15, 0.2) is 24.3 Å². The summed E-state index contributed by atoms with van der Waals surface area (Å²) in [6, 6.07) is 7.16. The van der Waals surface area contributed by atoms with E-state index in [0.717, 1.165) is 5.56 Å². The Morgan fingerprint density at radius 3 is 2.87 bits per heavy atom. The lowest BCUT2D eigenvalue weighted by Gasteiger charge is -2.06. The van der Waals surface area contributed by atoms with Crippen molar-refractivity contribution in [3.05, 3.63) is 34.9 Å². The summed E-state index contributed by atoms with van der Waals surface area (Å²) in [4.78, 5) is 10.4. The van der Waals surface area contributed by atoms with Crippen LogP contribution in [0.4, 0.5) is 0 Å². The standard InChI is InChI=1S/C10H10Cl2O3/c11-8-3-1-2-7(4-8)5-15-6-9(12)10(13)14/h1-4,9H,5-6H2,(H,13,14). The van der Waals surface area contributed by atoms with E-state index in [9.17, 15) is 4.79 Å². The molecule has 0 amide bonds. The molecule has 3 nitrogen and oxygen atoms in total. The first kappa shape index (κ1) is 12.3. The Kier molecular flexibility index (Phi) is 4.88. The minimum absolute atomic E-state index is 0.0244. The molecule has 0 heterocycles. The number of hydrogen-bond acceptors (Lipinski definition) is 2. The molecule has 0 radical (unpaired) electrons. The summed E-state index contributed by atoms with van der Waals surface area (Å²) in [5.74, 6) is -1.08. The van der Waals surface area contributed by atoms with Crippen molar-refractivity contribution in [2.75, 3.05) is 6.61 Å². The van der Waals surface area contributed by atoms with Crippen molar-refractivity contribution in [3.63, 3.8) is 0 Å². The molecule has 1 aromatic carbocycles. The third-order valence-corrected chi connectivity index (χ3v) is 2.24. The monoisotopic (exact) mass is 248 g/mol. The first-order valence-corrected chi connectivity index (χ1v) is 5.10. The van der Waals surface area contributed by atoms with E-state index >= 15 is 0 Å². The molecule has 1 rings (SSSR count). The SMILES string of the molecule is O=C(O)C(Cl)COCc1cccc(Cl)c1. The molecule has 0 aliphatic carbocycles. The Hall–Kier alpha value is -0.770. The number of hydrogen-bond donors (Lipinski definition) is 1. The van der Waals surface area contributed by atoms with Crippen molar-refractivity contribution >= 4 is 29.2 Å². The molecule has 1 aromatic rings. The molecule has 1 N–H and O–H groups in total. The first-order valence-electron chi connectivity index (χ1n) is 4.28. The average molecular weight is 249 g/mol. The molecule has 0 saturated carbocycles. The maximum absolute atomic E-state index is 10.4. The minimum atomic E-state index is -1.08. The molecule has 0 saturated heterocycles. The van der Waals surface area contributed by atoms with Crippen LogP contribution in [-0.4, -0.2) is 23.1 Å². The second-order valence-electron chi connectivity index (χ2n) is 2.95. The molecule has 15 heavy (non-hydrogen) atoms. The van der Waals surface area contributed by atoms with E-state index in [0.29, 0.717) is 11.6 Å². The predicted molar refractivity (Wildman–Crippen MR) is 58.4 cm³/mol. The Bertz CT molecular complexity index is 341. The van der Waals surface area contributed by atoms with Gasteiger partial charge in [0.2, 0.25) is 0 Å². The second kappa shape index (κ2) is 5.95. The van der Waals surface area contributed by atoms with Crippen molar-refractivity contribution in [1.82, 2.24) is 0 Å². The largest absolute Gasteiger partial charge is 0.480 e. The number of carboxylic acids is 1. The summed E-state index contributed by atoms with van der Waals surface area (Å²) >= 11 is 11.2. The van der Waals surface area contributed by atoms with Gasteiger partial charge in [-0.25, -0.2) is 0 Å². The van der Waals surface area contributed by atoms with Crippen molar-refractivity contribution in [2.45, 2.75) is 12.0 Å². The van der Waals surface area contributed by atoms with Gasteiger partial charge >= 0.3 is 5.97 Å². The Labute approximate surface area is 97.6 Å². The van der Waals surface area contributed by atoms with Crippen LogP contribution < -0.4 is 0 Å². The lowest BCUT2D eigenvalue weighted by atomic mass is 10.2. The van der Waals surface area contributed by atoms with Gasteiger partial charge in [0.1, 0.15) is 0 Å². The summed E-state index contributed by atoms with van der Waals surface area (Å²) in [6.07, 6.45) is 0. The van der Waals surface area contributed by atoms with Gasteiger partial charge < -0.3 is 9.84 Å². The van der Waals surface area contributed by atoms with Gasteiger partial charge in [0.15, 0.2) is 5.38 Å². The fraction of sp³-hybridized carbons (Fsp3) is 0.300. The maximum atomic E-state index is 10.4. The highest BCUT2D eigenvalue weighted by molar-refractivity contribution is 6.30. The molecule has 0 aliphatic rings. The normalized spacial score (nSPS) is 12.4. The van der Waals surface area contributed by atoms with E-state index in [4.69, 9.17) is 33.0 Å². The highest BCUT2D eigenvalue weighted by atomic mass is 35.5. The number of rotatable bonds is 5. The predicted octanol–water partition coefficient (Wildman–Crippen LogP) is 2.55. The summed E-state index contributed by atoms with van der Waals surface area (Å²) in [7, 11) is 0. The molecule has 1 atom stereocenters. The van der Waals surface area contributed by atoms with E-state index < -0.39 is 11.3 Å². The van der Waals surface area contributed by atoms with E-state index in [1.54, 1.807) is 18.2 Å². The third kappa shape index (κ3) is 4.51. The summed E-state index contributed by atoms with van der Waals surface area (Å²) in [6.45, 7) is 0.278. The fourth-order valence-corrected chi connectivity index (χ4v) is 1.28. The van der Waals surface area contributed by atoms with Crippen LogP contribution >= 0.6 is 23.2 Å². The summed E-state index contributed by atoms with van der Waals surface area (Å²) < 4.78 is 5.13. The zero-order valence-electron chi connectivity index (χ0n) is 7.82. The van der Waals surface area contributed by atoms with Gasteiger partial charge in [-0.3, -0.25) is 4.79 Å². The van der Waals surface area contributed by atoms with Crippen molar-refractivity contribution in [3.8, 4) is 0 Å². The smallest absolute Gasteiger partial charge is 0.324 e. The average Bonchev–Trinajstić information content (AvgIpc) is 2.17. The van der Waals surface area contributed by atoms with Crippen LogP contribution in [0, 0.1) is 0 Å². The number of carboxylic acid groups (broad SMARTS) is 1. The second-order valence-corrected chi connectivity index (χ2v) is 3.91. The number of ether oxygens (including phenoxy) is 1. The van der Waals surface area contributed by atoms with Gasteiger partial charge in [0.05, 0.1) is 13.2 Å². The number of aliphatic carboxylic acids is 1. The van der Waals surface area contributed by atoms with Crippen LogP contribution in [0.25, 0.3) is 0 Å². The first-order chi connectivity index (χ1) is 7.09. The lowest BCUT2D eigenvalue weighted by molar-refractivity contribution is -0.137.